The minimum Gasteiger partial charge on any atom is -0.223 e. The third kappa shape index (κ3) is 3.92. The highest BCUT2D eigenvalue weighted by Gasteiger charge is 2.02. The smallest absolute Gasteiger partial charge is 0.223 e. The molecule has 0 atom stereocenters. The monoisotopic (exact) mass is 218 g/mol. The predicted molar refractivity (Wildman–Crippen MR) is 55.2 cm³/mol. The van der Waals surface area contributed by atoms with Crippen molar-refractivity contribution < 1.29 is 0 Å². The third-order valence-electron chi connectivity index (χ3n) is 1.70. The van der Waals surface area contributed by atoms with Crippen molar-refractivity contribution in [2.24, 2.45) is 5.92 Å². The fourth-order valence-corrected chi connectivity index (χ4v) is 1.45. The van der Waals surface area contributed by atoms with E-state index in [2.05, 4.69) is 23.8 Å². The minimum atomic E-state index is 0.228. The molecule has 1 heterocycles. The van der Waals surface area contributed by atoms with Gasteiger partial charge in [0, 0.05) is 5.69 Å². The number of aromatic nitrogens is 2. The highest BCUT2D eigenvalue weighted by atomic mass is 35.5. The normalized spacial score (nSPS) is 10.8. The van der Waals surface area contributed by atoms with Crippen LogP contribution in [0.5, 0.6) is 0 Å². The van der Waals surface area contributed by atoms with Gasteiger partial charge < -0.3 is 0 Å². The largest absolute Gasteiger partial charge is 0.224 e. The van der Waals surface area contributed by atoms with Crippen molar-refractivity contribution in [3.63, 3.8) is 0 Å². The first kappa shape index (κ1) is 10.7. The van der Waals surface area contributed by atoms with Crippen molar-refractivity contribution in [1.29, 1.82) is 0 Å². The maximum absolute atomic E-state index is 5.73. The molecule has 0 amide bonds. The van der Waals surface area contributed by atoms with Crippen LogP contribution in [0, 0.1) is 5.92 Å². The van der Waals surface area contributed by atoms with Gasteiger partial charge in [-0.3, -0.25) is 0 Å². The van der Waals surface area contributed by atoms with Crippen LogP contribution in [0.25, 0.3) is 0 Å². The van der Waals surface area contributed by atoms with E-state index in [-0.39, 0.29) is 5.28 Å². The van der Waals surface area contributed by atoms with E-state index in [1.165, 1.54) is 0 Å². The number of halogens is 2. The molecular weight excluding hydrogens is 207 g/mol. The average Bonchev–Trinajstić information content (AvgIpc) is 1.99. The van der Waals surface area contributed by atoms with Crippen LogP contribution in [0.4, 0.5) is 0 Å². The maximum atomic E-state index is 5.73. The van der Waals surface area contributed by atoms with Crippen LogP contribution in [0.2, 0.25) is 10.4 Å². The van der Waals surface area contributed by atoms with Gasteiger partial charge in [-0.05, 0) is 36.4 Å². The van der Waals surface area contributed by atoms with Gasteiger partial charge in [0.15, 0.2) is 0 Å². The molecule has 4 heteroatoms. The lowest BCUT2D eigenvalue weighted by atomic mass is 10.1. The van der Waals surface area contributed by atoms with Gasteiger partial charge in [0.2, 0.25) is 5.28 Å². The second-order valence-corrected chi connectivity index (χ2v) is 4.11. The Hall–Kier alpha value is -0.340. The molecule has 0 N–H and O–H groups in total. The Morgan fingerprint density at radius 3 is 2.54 bits per heavy atom. The molecule has 0 aromatic carbocycles. The summed E-state index contributed by atoms with van der Waals surface area (Å²) in [6.45, 7) is 4.34. The lowest BCUT2D eigenvalue weighted by molar-refractivity contribution is 0.581. The molecule has 1 rings (SSSR count). The van der Waals surface area contributed by atoms with E-state index in [1.54, 1.807) is 6.07 Å². The van der Waals surface area contributed by atoms with Gasteiger partial charge in [-0.25, -0.2) is 9.97 Å². The van der Waals surface area contributed by atoms with Crippen molar-refractivity contribution in [2.45, 2.75) is 26.7 Å². The van der Waals surface area contributed by atoms with Crippen LogP contribution in [0.3, 0.4) is 0 Å². The molecule has 1 aromatic rings. The fraction of sp³-hybridized carbons (Fsp3) is 0.556. The minimum absolute atomic E-state index is 0.228. The number of rotatable bonds is 3. The Balaban J connectivity index is 2.66. The van der Waals surface area contributed by atoms with Crippen molar-refractivity contribution in [2.75, 3.05) is 0 Å². The highest BCUT2D eigenvalue weighted by molar-refractivity contribution is 6.31. The van der Waals surface area contributed by atoms with Gasteiger partial charge in [0.25, 0.3) is 0 Å². The zero-order valence-electron chi connectivity index (χ0n) is 7.72. The molecule has 72 valence electrons. The predicted octanol–water partition coefficient (Wildman–Crippen LogP) is 3.37. The molecule has 0 saturated carbocycles. The molecule has 0 bridgehead atoms. The molecule has 0 aliphatic heterocycles. The summed E-state index contributed by atoms with van der Waals surface area (Å²) < 4.78 is 0. The topological polar surface area (TPSA) is 25.8 Å². The van der Waals surface area contributed by atoms with Crippen LogP contribution in [0.15, 0.2) is 6.07 Å². The highest BCUT2D eigenvalue weighted by Crippen LogP contribution is 2.13. The standard InChI is InChI=1S/C9H12Cl2N2/c1-6(2)3-4-7-5-8(10)13-9(11)12-7/h5-6H,3-4H2,1-2H3. The molecule has 0 unspecified atom stereocenters. The Morgan fingerprint density at radius 1 is 1.31 bits per heavy atom. The van der Waals surface area contributed by atoms with Gasteiger partial charge in [-0.15, -0.1) is 0 Å². The quantitative estimate of drug-likeness (QED) is 0.575. The van der Waals surface area contributed by atoms with Crippen LogP contribution in [-0.2, 0) is 6.42 Å². The second kappa shape index (κ2) is 4.77. The molecule has 0 spiro atoms. The summed E-state index contributed by atoms with van der Waals surface area (Å²) in [7, 11) is 0. The first-order chi connectivity index (χ1) is 6.08. The molecule has 0 aliphatic carbocycles. The Morgan fingerprint density at radius 2 is 2.00 bits per heavy atom. The lowest BCUT2D eigenvalue weighted by Crippen LogP contribution is -1.96. The van der Waals surface area contributed by atoms with E-state index >= 15 is 0 Å². The van der Waals surface area contributed by atoms with Crippen LogP contribution in [-0.4, -0.2) is 9.97 Å². The van der Waals surface area contributed by atoms with E-state index in [4.69, 9.17) is 23.2 Å². The van der Waals surface area contributed by atoms with E-state index in [0.29, 0.717) is 11.1 Å². The number of nitrogens with zero attached hydrogens (tertiary/aromatic N) is 2. The van der Waals surface area contributed by atoms with Gasteiger partial charge in [0.05, 0.1) is 0 Å². The Bertz CT molecular complexity index is 267. The number of hydrogen-bond donors (Lipinski definition) is 0. The van der Waals surface area contributed by atoms with E-state index < -0.39 is 0 Å². The zero-order valence-corrected chi connectivity index (χ0v) is 9.23. The van der Waals surface area contributed by atoms with E-state index in [9.17, 15) is 0 Å². The lowest BCUT2D eigenvalue weighted by Gasteiger charge is -2.04. The van der Waals surface area contributed by atoms with Crippen LogP contribution < -0.4 is 0 Å². The number of aryl methyl sites for hydroxylation is 1. The molecule has 0 radical (unpaired) electrons. The molecule has 13 heavy (non-hydrogen) atoms. The summed E-state index contributed by atoms with van der Waals surface area (Å²) in [5.74, 6) is 0.660. The van der Waals surface area contributed by atoms with Gasteiger partial charge >= 0.3 is 0 Å². The van der Waals surface area contributed by atoms with Crippen LogP contribution in [0.1, 0.15) is 26.0 Å². The average molecular weight is 219 g/mol. The first-order valence-corrected chi connectivity index (χ1v) is 5.02. The van der Waals surface area contributed by atoms with Crippen molar-refractivity contribution >= 4 is 23.2 Å². The third-order valence-corrected chi connectivity index (χ3v) is 2.06. The number of hydrogen-bond acceptors (Lipinski definition) is 2. The summed E-state index contributed by atoms with van der Waals surface area (Å²) in [6, 6.07) is 1.76. The van der Waals surface area contributed by atoms with Crippen molar-refractivity contribution in [3.05, 3.63) is 22.2 Å². The first-order valence-electron chi connectivity index (χ1n) is 4.27. The Kier molecular flexibility index (Phi) is 3.94. The fourth-order valence-electron chi connectivity index (χ4n) is 0.998. The van der Waals surface area contributed by atoms with Gasteiger partial charge in [0.1, 0.15) is 5.15 Å². The van der Waals surface area contributed by atoms with Gasteiger partial charge in [-0.1, -0.05) is 25.4 Å². The molecule has 2 nitrogen and oxygen atoms in total. The van der Waals surface area contributed by atoms with E-state index in [1.807, 2.05) is 0 Å². The SMILES string of the molecule is CC(C)CCc1cc(Cl)nc(Cl)n1. The molecule has 0 aliphatic rings. The summed E-state index contributed by atoms with van der Waals surface area (Å²) in [4.78, 5) is 7.86. The van der Waals surface area contributed by atoms with Crippen molar-refractivity contribution in [3.8, 4) is 0 Å². The van der Waals surface area contributed by atoms with Crippen molar-refractivity contribution in [1.82, 2.24) is 9.97 Å². The van der Waals surface area contributed by atoms with Crippen LogP contribution >= 0.6 is 23.2 Å². The maximum Gasteiger partial charge on any atom is 0.224 e. The summed E-state index contributed by atoms with van der Waals surface area (Å²) in [5.41, 5.74) is 0.915. The molecule has 0 saturated heterocycles. The molecular formula is C9H12Cl2N2. The summed E-state index contributed by atoms with van der Waals surface area (Å²) >= 11 is 11.4. The van der Waals surface area contributed by atoms with Gasteiger partial charge in [-0.2, -0.15) is 0 Å². The second-order valence-electron chi connectivity index (χ2n) is 3.38. The summed E-state index contributed by atoms with van der Waals surface area (Å²) in [5, 5.41) is 0.644. The summed E-state index contributed by atoms with van der Waals surface area (Å²) in [6.07, 6.45) is 1.99. The Labute approximate surface area is 88.3 Å². The molecule has 1 aromatic heterocycles. The van der Waals surface area contributed by atoms with E-state index in [0.717, 1.165) is 18.5 Å². The molecule has 0 fully saturated rings. The zero-order chi connectivity index (χ0) is 9.84.